The summed E-state index contributed by atoms with van der Waals surface area (Å²) in [6, 6.07) is 12.9. The molecule has 0 aliphatic carbocycles. The summed E-state index contributed by atoms with van der Waals surface area (Å²) in [4.78, 5) is 0. The molecule has 0 amide bonds. The van der Waals surface area contributed by atoms with E-state index in [-0.39, 0.29) is 0 Å². The molecule has 0 aliphatic rings. The van der Waals surface area contributed by atoms with Crippen molar-refractivity contribution in [2.75, 3.05) is 13.2 Å². The van der Waals surface area contributed by atoms with Crippen LogP contribution >= 0.6 is 34.8 Å². The molecule has 0 heterocycles. The molecule has 106 valence electrons. The molecule has 0 saturated carbocycles. The van der Waals surface area contributed by atoms with Crippen LogP contribution in [-0.4, -0.2) is 13.2 Å². The maximum absolute atomic E-state index is 6.01. The number of benzene rings is 2. The predicted octanol–water partition coefficient (Wildman–Crippen LogP) is 4.82. The van der Waals surface area contributed by atoms with E-state index in [0.717, 1.165) is 18.1 Å². The maximum atomic E-state index is 6.01. The van der Waals surface area contributed by atoms with Crippen LogP contribution in [0.25, 0.3) is 0 Å². The largest absolute Gasteiger partial charge is 0.491 e. The fraction of sp³-hybridized carbons (Fsp3) is 0.200. The second-order valence-electron chi connectivity index (χ2n) is 4.23. The van der Waals surface area contributed by atoms with Gasteiger partial charge in [-0.05, 0) is 35.9 Å². The summed E-state index contributed by atoms with van der Waals surface area (Å²) < 4.78 is 5.57. The topological polar surface area (TPSA) is 21.3 Å². The molecule has 2 aromatic rings. The molecule has 0 aromatic heterocycles. The highest BCUT2D eigenvalue weighted by Gasteiger charge is 2.01. The fourth-order valence-electron chi connectivity index (χ4n) is 1.66. The van der Waals surface area contributed by atoms with Crippen molar-refractivity contribution in [2.45, 2.75) is 6.54 Å². The lowest BCUT2D eigenvalue weighted by atomic mass is 10.2. The van der Waals surface area contributed by atoms with Crippen molar-refractivity contribution in [1.29, 1.82) is 0 Å². The van der Waals surface area contributed by atoms with Crippen molar-refractivity contribution in [2.24, 2.45) is 0 Å². The molecular formula is C15H14Cl3NO. The van der Waals surface area contributed by atoms with Crippen LogP contribution in [0.5, 0.6) is 5.75 Å². The molecule has 0 atom stereocenters. The highest BCUT2D eigenvalue weighted by atomic mass is 35.5. The zero-order valence-corrected chi connectivity index (χ0v) is 13.0. The Morgan fingerprint density at radius 3 is 2.30 bits per heavy atom. The number of nitrogens with one attached hydrogen (secondary N) is 1. The van der Waals surface area contributed by atoms with Crippen LogP contribution in [0.2, 0.25) is 15.1 Å². The molecule has 0 radical (unpaired) electrons. The quantitative estimate of drug-likeness (QED) is 0.767. The molecule has 2 aromatic carbocycles. The average molecular weight is 331 g/mol. The lowest BCUT2D eigenvalue weighted by Gasteiger charge is -2.09. The summed E-state index contributed by atoms with van der Waals surface area (Å²) in [5.74, 6) is 0.643. The molecule has 0 bridgehead atoms. The smallest absolute Gasteiger partial charge is 0.138 e. The number of hydrogen-bond donors (Lipinski definition) is 1. The molecule has 0 spiro atoms. The first-order valence-electron chi connectivity index (χ1n) is 6.18. The SMILES string of the molecule is Clc1ccc(CNCCOc2ccc(Cl)cc2Cl)cc1. The Balaban J connectivity index is 1.70. The van der Waals surface area contributed by atoms with E-state index in [1.54, 1.807) is 18.2 Å². The van der Waals surface area contributed by atoms with Gasteiger partial charge in [-0.15, -0.1) is 0 Å². The molecule has 0 unspecified atom stereocenters. The highest BCUT2D eigenvalue weighted by Crippen LogP contribution is 2.27. The zero-order chi connectivity index (χ0) is 14.4. The Labute approximate surface area is 133 Å². The van der Waals surface area contributed by atoms with Crippen molar-refractivity contribution >= 4 is 34.8 Å². The molecular weight excluding hydrogens is 317 g/mol. The third-order valence-corrected chi connectivity index (χ3v) is 3.46. The van der Waals surface area contributed by atoms with E-state index in [2.05, 4.69) is 5.32 Å². The van der Waals surface area contributed by atoms with Gasteiger partial charge in [0.1, 0.15) is 12.4 Å². The van der Waals surface area contributed by atoms with E-state index >= 15 is 0 Å². The van der Waals surface area contributed by atoms with Gasteiger partial charge in [-0.1, -0.05) is 46.9 Å². The maximum Gasteiger partial charge on any atom is 0.138 e. The predicted molar refractivity (Wildman–Crippen MR) is 85.1 cm³/mol. The Morgan fingerprint density at radius 2 is 1.60 bits per heavy atom. The van der Waals surface area contributed by atoms with Crippen LogP contribution < -0.4 is 10.1 Å². The minimum atomic E-state index is 0.523. The van der Waals surface area contributed by atoms with Crippen LogP contribution in [0.1, 0.15) is 5.56 Å². The summed E-state index contributed by atoms with van der Waals surface area (Å²) in [5.41, 5.74) is 1.18. The zero-order valence-electron chi connectivity index (χ0n) is 10.7. The van der Waals surface area contributed by atoms with Gasteiger partial charge in [0, 0.05) is 23.1 Å². The van der Waals surface area contributed by atoms with E-state index in [9.17, 15) is 0 Å². The Bertz CT molecular complexity index is 558. The van der Waals surface area contributed by atoms with Gasteiger partial charge in [-0.3, -0.25) is 0 Å². The van der Waals surface area contributed by atoms with Crippen LogP contribution in [0.3, 0.4) is 0 Å². The standard InChI is InChI=1S/C15H14Cl3NO/c16-12-3-1-11(2-4-12)10-19-7-8-20-15-6-5-13(17)9-14(15)18/h1-6,9,19H,7-8,10H2. The summed E-state index contributed by atoms with van der Waals surface area (Å²) in [6.07, 6.45) is 0. The van der Waals surface area contributed by atoms with E-state index in [0.29, 0.717) is 22.4 Å². The lowest BCUT2D eigenvalue weighted by molar-refractivity contribution is 0.314. The van der Waals surface area contributed by atoms with E-state index < -0.39 is 0 Å². The van der Waals surface area contributed by atoms with Crippen molar-refractivity contribution in [3.05, 3.63) is 63.1 Å². The summed E-state index contributed by atoms with van der Waals surface area (Å²) >= 11 is 17.7. The van der Waals surface area contributed by atoms with Crippen molar-refractivity contribution in [3.63, 3.8) is 0 Å². The van der Waals surface area contributed by atoms with Gasteiger partial charge < -0.3 is 10.1 Å². The van der Waals surface area contributed by atoms with Gasteiger partial charge >= 0.3 is 0 Å². The molecule has 0 saturated heterocycles. The Kier molecular flexibility index (Phi) is 5.99. The molecule has 5 heteroatoms. The average Bonchev–Trinajstić information content (AvgIpc) is 2.42. The molecule has 0 fully saturated rings. The van der Waals surface area contributed by atoms with Gasteiger partial charge in [-0.2, -0.15) is 0 Å². The Hall–Kier alpha value is -0.930. The fourth-order valence-corrected chi connectivity index (χ4v) is 2.25. The van der Waals surface area contributed by atoms with Crippen LogP contribution in [0, 0.1) is 0 Å². The molecule has 2 nitrogen and oxygen atoms in total. The Morgan fingerprint density at radius 1 is 0.900 bits per heavy atom. The van der Waals surface area contributed by atoms with E-state index in [1.165, 1.54) is 5.56 Å². The second-order valence-corrected chi connectivity index (χ2v) is 5.51. The first-order chi connectivity index (χ1) is 9.65. The van der Waals surface area contributed by atoms with Gasteiger partial charge in [0.05, 0.1) is 5.02 Å². The van der Waals surface area contributed by atoms with Gasteiger partial charge in [0.25, 0.3) is 0 Å². The minimum Gasteiger partial charge on any atom is -0.491 e. The van der Waals surface area contributed by atoms with E-state index in [4.69, 9.17) is 39.5 Å². The van der Waals surface area contributed by atoms with Gasteiger partial charge in [-0.25, -0.2) is 0 Å². The normalized spacial score (nSPS) is 10.6. The lowest BCUT2D eigenvalue weighted by Crippen LogP contribution is -2.20. The summed E-state index contributed by atoms with van der Waals surface area (Å²) in [6.45, 7) is 2.03. The molecule has 2 rings (SSSR count). The number of hydrogen-bond acceptors (Lipinski definition) is 2. The number of halogens is 3. The van der Waals surface area contributed by atoms with Gasteiger partial charge in [0.15, 0.2) is 0 Å². The minimum absolute atomic E-state index is 0.523. The highest BCUT2D eigenvalue weighted by molar-refractivity contribution is 6.35. The van der Waals surface area contributed by atoms with Crippen LogP contribution in [-0.2, 0) is 6.54 Å². The second kappa shape index (κ2) is 7.75. The van der Waals surface area contributed by atoms with E-state index in [1.807, 2.05) is 24.3 Å². The first-order valence-corrected chi connectivity index (χ1v) is 7.31. The van der Waals surface area contributed by atoms with Crippen molar-refractivity contribution in [1.82, 2.24) is 5.32 Å². The third kappa shape index (κ3) is 4.88. The van der Waals surface area contributed by atoms with Crippen molar-refractivity contribution in [3.8, 4) is 5.75 Å². The van der Waals surface area contributed by atoms with Crippen LogP contribution in [0.15, 0.2) is 42.5 Å². The summed E-state index contributed by atoms with van der Waals surface area (Å²) in [7, 11) is 0. The number of ether oxygens (including phenoxy) is 1. The molecule has 20 heavy (non-hydrogen) atoms. The summed E-state index contributed by atoms with van der Waals surface area (Å²) in [5, 5.41) is 5.15. The van der Waals surface area contributed by atoms with Crippen molar-refractivity contribution < 1.29 is 4.74 Å². The molecule has 1 N–H and O–H groups in total. The first kappa shape index (κ1) is 15.5. The van der Waals surface area contributed by atoms with Crippen LogP contribution in [0.4, 0.5) is 0 Å². The number of rotatable bonds is 6. The monoisotopic (exact) mass is 329 g/mol. The molecule has 0 aliphatic heterocycles. The third-order valence-electron chi connectivity index (χ3n) is 2.67. The van der Waals surface area contributed by atoms with Gasteiger partial charge in [0.2, 0.25) is 0 Å².